The highest BCUT2D eigenvalue weighted by Gasteiger charge is 2.44. The maximum atomic E-state index is 12.5. The van der Waals surface area contributed by atoms with Gasteiger partial charge in [-0.15, -0.1) is 0 Å². The Morgan fingerprint density at radius 1 is 1.23 bits per heavy atom. The van der Waals surface area contributed by atoms with Crippen LogP contribution in [0.2, 0.25) is 0 Å². The minimum Gasteiger partial charge on any atom is -0.480 e. The van der Waals surface area contributed by atoms with Crippen molar-refractivity contribution in [2.75, 3.05) is 0 Å². The number of benzene rings is 1. The molecule has 120 valence electrons. The van der Waals surface area contributed by atoms with Crippen LogP contribution in [0.25, 0.3) is 0 Å². The summed E-state index contributed by atoms with van der Waals surface area (Å²) in [6, 6.07) is 4.88. The number of nitro groups is 1. The van der Waals surface area contributed by atoms with E-state index in [1.54, 1.807) is 0 Å². The Bertz CT molecular complexity index is 694. The van der Waals surface area contributed by atoms with Gasteiger partial charge in [-0.3, -0.25) is 14.9 Å². The molecule has 0 heterocycles. The molecule has 22 heavy (non-hydrogen) atoms. The summed E-state index contributed by atoms with van der Waals surface area (Å²) in [6.07, 6.45) is 2.35. The first kappa shape index (κ1) is 16.4. The molecule has 8 nitrogen and oxygen atoms in total. The van der Waals surface area contributed by atoms with Gasteiger partial charge >= 0.3 is 5.97 Å². The number of nitrogens with zero attached hydrogens (tertiary/aromatic N) is 1. The minimum absolute atomic E-state index is 0.169. The fourth-order valence-corrected chi connectivity index (χ4v) is 4.25. The summed E-state index contributed by atoms with van der Waals surface area (Å²) < 4.78 is 27.1. The van der Waals surface area contributed by atoms with Crippen molar-refractivity contribution >= 4 is 21.7 Å². The highest BCUT2D eigenvalue weighted by molar-refractivity contribution is 7.89. The van der Waals surface area contributed by atoms with Gasteiger partial charge in [0.2, 0.25) is 10.0 Å². The van der Waals surface area contributed by atoms with E-state index in [0.717, 1.165) is 18.6 Å². The summed E-state index contributed by atoms with van der Waals surface area (Å²) >= 11 is 0. The molecule has 2 N–H and O–H groups in total. The summed E-state index contributed by atoms with van der Waals surface area (Å²) in [5.74, 6) is -1.26. The zero-order valence-electron chi connectivity index (χ0n) is 11.7. The van der Waals surface area contributed by atoms with Crippen molar-refractivity contribution in [3.8, 4) is 0 Å². The van der Waals surface area contributed by atoms with Crippen LogP contribution in [0.5, 0.6) is 0 Å². The summed E-state index contributed by atoms with van der Waals surface area (Å²) in [5.41, 5.74) is -2.17. The van der Waals surface area contributed by atoms with Crippen LogP contribution in [-0.2, 0) is 14.8 Å². The van der Waals surface area contributed by atoms with Crippen LogP contribution in [0.15, 0.2) is 29.2 Å². The van der Waals surface area contributed by atoms with E-state index in [-0.39, 0.29) is 12.8 Å². The fourth-order valence-electron chi connectivity index (χ4n) is 2.66. The molecular formula is C13H16N2O6S. The van der Waals surface area contributed by atoms with Crippen molar-refractivity contribution in [1.29, 1.82) is 0 Å². The van der Waals surface area contributed by atoms with E-state index in [0.29, 0.717) is 12.8 Å². The van der Waals surface area contributed by atoms with Gasteiger partial charge < -0.3 is 5.11 Å². The van der Waals surface area contributed by atoms with Gasteiger partial charge in [0, 0.05) is 6.07 Å². The third kappa shape index (κ3) is 3.09. The average molecular weight is 328 g/mol. The fraction of sp³-hybridized carbons (Fsp3) is 0.462. The van der Waals surface area contributed by atoms with E-state index in [1.165, 1.54) is 12.1 Å². The number of aliphatic carboxylic acids is 1. The van der Waals surface area contributed by atoms with Crippen LogP contribution < -0.4 is 4.72 Å². The largest absolute Gasteiger partial charge is 0.480 e. The molecule has 1 aromatic rings. The zero-order chi connectivity index (χ0) is 16.4. The molecule has 1 aliphatic carbocycles. The molecule has 0 atom stereocenters. The number of carbonyl (C=O) groups is 1. The van der Waals surface area contributed by atoms with Crippen molar-refractivity contribution in [1.82, 2.24) is 4.72 Å². The lowest BCUT2D eigenvalue weighted by Gasteiger charge is -2.33. The van der Waals surface area contributed by atoms with Gasteiger partial charge in [-0.2, -0.15) is 4.72 Å². The Morgan fingerprint density at radius 3 is 2.36 bits per heavy atom. The third-order valence-corrected chi connectivity index (χ3v) is 5.38. The van der Waals surface area contributed by atoms with Crippen LogP contribution in [-0.4, -0.2) is 30.0 Å². The van der Waals surface area contributed by atoms with E-state index in [4.69, 9.17) is 0 Å². The summed E-state index contributed by atoms with van der Waals surface area (Å²) in [5, 5.41) is 20.4. The summed E-state index contributed by atoms with van der Waals surface area (Å²) in [6.45, 7) is 0. The predicted molar refractivity (Wildman–Crippen MR) is 76.9 cm³/mol. The van der Waals surface area contributed by atoms with Gasteiger partial charge in [0.25, 0.3) is 5.69 Å². The Kier molecular flexibility index (Phi) is 4.47. The topological polar surface area (TPSA) is 127 Å². The maximum Gasteiger partial charge on any atom is 0.324 e. The first-order valence-electron chi connectivity index (χ1n) is 6.79. The van der Waals surface area contributed by atoms with Crippen LogP contribution in [0.4, 0.5) is 5.69 Å². The second kappa shape index (κ2) is 6.01. The Hall–Kier alpha value is -2.00. The smallest absolute Gasteiger partial charge is 0.324 e. The molecule has 0 spiro atoms. The number of nitrogens with one attached hydrogen (secondary N) is 1. The van der Waals surface area contributed by atoms with Crippen molar-refractivity contribution < 1.29 is 23.2 Å². The second-order valence-corrected chi connectivity index (χ2v) is 6.93. The Labute approximate surface area is 127 Å². The van der Waals surface area contributed by atoms with Crippen LogP contribution in [0.1, 0.15) is 32.1 Å². The number of hydrogen-bond donors (Lipinski definition) is 2. The van der Waals surface area contributed by atoms with E-state index >= 15 is 0 Å². The number of rotatable bonds is 5. The van der Waals surface area contributed by atoms with E-state index < -0.39 is 37.0 Å². The lowest BCUT2D eigenvalue weighted by atomic mass is 9.83. The lowest BCUT2D eigenvalue weighted by Crippen LogP contribution is -2.55. The van der Waals surface area contributed by atoms with E-state index in [2.05, 4.69) is 4.72 Å². The quantitative estimate of drug-likeness (QED) is 0.625. The van der Waals surface area contributed by atoms with Crippen molar-refractivity contribution in [2.24, 2.45) is 0 Å². The normalized spacial score (nSPS) is 17.8. The molecule has 0 unspecified atom stereocenters. The molecule has 0 aliphatic heterocycles. The lowest BCUT2D eigenvalue weighted by molar-refractivity contribution is -0.387. The number of nitro benzene ring substituents is 1. The van der Waals surface area contributed by atoms with Gasteiger partial charge in [0.05, 0.1) is 4.92 Å². The van der Waals surface area contributed by atoms with Crippen molar-refractivity contribution in [3.63, 3.8) is 0 Å². The molecule has 0 saturated heterocycles. The van der Waals surface area contributed by atoms with E-state index in [1.807, 2.05) is 0 Å². The average Bonchev–Trinajstić information content (AvgIpc) is 2.47. The number of carboxylic acids is 1. The summed E-state index contributed by atoms with van der Waals surface area (Å²) in [4.78, 5) is 21.2. The predicted octanol–water partition coefficient (Wildman–Crippen LogP) is 1.66. The number of para-hydroxylation sites is 1. The second-order valence-electron chi connectivity index (χ2n) is 5.28. The first-order valence-corrected chi connectivity index (χ1v) is 8.28. The molecule has 0 radical (unpaired) electrons. The van der Waals surface area contributed by atoms with Crippen LogP contribution in [0, 0.1) is 10.1 Å². The molecule has 1 saturated carbocycles. The number of carboxylic acid groups (broad SMARTS) is 1. The van der Waals surface area contributed by atoms with Gasteiger partial charge in [-0.25, -0.2) is 8.42 Å². The van der Waals surface area contributed by atoms with Crippen LogP contribution >= 0.6 is 0 Å². The highest BCUT2D eigenvalue weighted by Crippen LogP contribution is 2.32. The maximum absolute atomic E-state index is 12.5. The van der Waals surface area contributed by atoms with Crippen LogP contribution in [0.3, 0.4) is 0 Å². The summed E-state index contributed by atoms with van der Waals surface area (Å²) in [7, 11) is -4.31. The highest BCUT2D eigenvalue weighted by atomic mass is 32.2. The molecule has 1 aliphatic rings. The Morgan fingerprint density at radius 2 is 1.82 bits per heavy atom. The van der Waals surface area contributed by atoms with Gasteiger partial charge in [0.15, 0.2) is 4.90 Å². The van der Waals surface area contributed by atoms with Crippen molar-refractivity contribution in [3.05, 3.63) is 34.4 Å². The Balaban J connectivity index is 2.43. The molecule has 9 heteroatoms. The standard InChI is InChI=1S/C13H16N2O6S/c16-12(17)13(8-4-1-5-9-13)14-22(20,21)11-7-3-2-6-10(11)15(18)19/h2-3,6-7,14H,1,4-5,8-9H2,(H,16,17). The molecule has 1 fully saturated rings. The van der Waals surface area contributed by atoms with Gasteiger partial charge in [0.1, 0.15) is 5.54 Å². The number of sulfonamides is 1. The zero-order valence-corrected chi connectivity index (χ0v) is 12.5. The molecule has 1 aromatic carbocycles. The van der Waals surface area contributed by atoms with Gasteiger partial charge in [-0.05, 0) is 18.9 Å². The van der Waals surface area contributed by atoms with Crippen molar-refractivity contribution in [2.45, 2.75) is 42.5 Å². The SMILES string of the molecule is O=C(O)C1(NS(=O)(=O)c2ccccc2[N+](=O)[O-])CCCCC1. The minimum atomic E-state index is -4.31. The molecule has 0 bridgehead atoms. The third-order valence-electron chi connectivity index (χ3n) is 3.80. The monoisotopic (exact) mass is 328 g/mol. The van der Waals surface area contributed by atoms with Gasteiger partial charge in [-0.1, -0.05) is 31.4 Å². The number of hydrogen-bond acceptors (Lipinski definition) is 5. The molecule has 2 rings (SSSR count). The first-order chi connectivity index (χ1) is 10.3. The molecule has 0 amide bonds. The van der Waals surface area contributed by atoms with E-state index in [9.17, 15) is 28.4 Å². The molecule has 0 aromatic heterocycles. The molecular weight excluding hydrogens is 312 g/mol.